The third-order valence-electron chi connectivity index (χ3n) is 2.00. The minimum Gasteiger partial charge on any atom is -0.388 e. The van der Waals surface area contributed by atoms with Crippen molar-refractivity contribution in [2.75, 3.05) is 5.73 Å². The van der Waals surface area contributed by atoms with Crippen molar-refractivity contribution in [2.24, 2.45) is 0 Å². The number of nitrogens with two attached hydrogens (primary N) is 1. The molecule has 7 nitrogen and oxygen atoms in total. The molecule has 1 aromatic rings. The molecule has 0 aliphatic carbocycles. The molecule has 0 aliphatic heterocycles. The maximum Gasteiger partial charge on any atom is 0.299 e. The predicted octanol–water partition coefficient (Wildman–Crippen LogP) is 1.65. The fraction of sp³-hybridized carbons (Fsp3) is 0.250. The van der Waals surface area contributed by atoms with Gasteiger partial charge in [-0.1, -0.05) is 6.92 Å². The summed E-state index contributed by atoms with van der Waals surface area (Å²) in [5.74, 6) is 0. The molecule has 0 fully saturated rings. The van der Waals surface area contributed by atoms with Crippen LogP contribution in [0.1, 0.15) is 12.5 Å². The molecule has 1 rings (SSSR count). The van der Waals surface area contributed by atoms with Gasteiger partial charge in [0.05, 0.1) is 9.85 Å². The molecule has 0 saturated carbocycles. The van der Waals surface area contributed by atoms with E-state index in [0.717, 1.165) is 0 Å². The van der Waals surface area contributed by atoms with Gasteiger partial charge in [0.25, 0.3) is 11.4 Å². The van der Waals surface area contributed by atoms with Crippen LogP contribution < -0.4 is 5.73 Å². The van der Waals surface area contributed by atoms with Crippen molar-refractivity contribution < 1.29 is 9.85 Å². The summed E-state index contributed by atoms with van der Waals surface area (Å²) in [5.41, 5.74) is 4.61. The Balaban J connectivity index is 3.47. The van der Waals surface area contributed by atoms with E-state index in [1.54, 1.807) is 6.92 Å². The van der Waals surface area contributed by atoms with Gasteiger partial charge in [-0.25, -0.2) is 0 Å². The maximum atomic E-state index is 10.6. The largest absolute Gasteiger partial charge is 0.388 e. The Kier molecular flexibility index (Phi) is 2.84. The summed E-state index contributed by atoms with van der Waals surface area (Å²) in [6.45, 7) is 1.75. The van der Waals surface area contributed by atoms with Gasteiger partial charge in [-0.05, 0) is 12.0 Å². The molecule has 0 atom stereocenters. The van der Waals surface area contributed by atoms with E-state index in [1.165, 1.54) is 12.1 Å². The Morgan fingerprint density at radius 2 is 1.60 bits per heavy atom. The van der Waals surface area contributed by atoms with E-state index in [4.69, 9.17) is 5.73 Å². The first-order valence-electron chi connectivity index (χ1n) is 4.18. The Labute approximate surface area is 84.8 Å². The fourth-order valence-corrected chi connectivity index (χ4v) is 1.19. The highest BCUT2D eigenvalue weighted by Gasteiger charge is 2.23. The first-order valence-corrected chi connectivity index (χ1v) is 4.18. The highest BCUT2D eigenvalue weighted by atomic mass is 16.6. The van der Waals surface area contributed by atoms with Crippen LogP contribution in [-0.2, 0) is 6.42 Å². The summed E-state index contributed by atoms with van der Waals surface area (Å²) in [4.78, 5) is 19.7. The number of rotatable bonds is 3. The third kappa shape index (κ3) is 2.01. The molecule has 1 aromatic carbocycles. The molecule has 0 unspecified atom stereocenters. The average molecular weight is 211 g/mol. The lowest BCUT2D eigenvalue weighted by Gasteiger charge is -2.01. The summed E-state index contributed by atoms with van der Waals surface area (Å²) in [5, 5.41) is 21.1. The van der Waals surface area contributed by atoms with Crippen LogP contribution in [-0.4, -0.2) is 9.85 Å². The number of nitro groups is 2. The Morgan fingerprint density at radius 1 is 1.20 bits per heavy atom. The highest BCUT2D eigenvalue weighted by molar-refractivity contribution is 5.71. The summed E-state index contributed by atoms with van der Waals surface area (Å²) in [7, 11) is 0. The van der Waals surface area contributed by atoms with Crippen LogP contribution in [0.2, 0.25) is 0 Å². The van der Waals surface area contributed by atoms with Gasteiger partial charge in [-0.15, -0.1) is 0 Å². The number of benzene rings is 1. The standard InChI is InChI=1S/C8H9N3O4/c1-2-5-3-6(10(12)13)8(9)7(4-5)11(14)15/h3-4H,2,9H2,1H3. The van der Waals surface area contributed by atoms with Gasteiger partial charge in [0.15, 0.2) is 5.69 Å². The number of hydrogen-bond acceptors (Lipinski definition) is 5. The van der Waals surface area contributed by atoms with Crippen LogP contribution in [0.25, 0.3) is 0 Å². The second kappa shape index (κ2) is 3.91. The van der Waals surface area contributed by atoms with Crippen molar-refractivity contribution >= 4 is 17.1 Å². The SMILES string of the molecule is CCc1cc([N+](=O)[O-])c(N)c([N+](=O)[O-])c1. The summed E-state index contributed by atoms with van der Waals surface area (Å²) in [6, 6.07) is 2.50. The van der Waals surface area contributed by atoms with Crippen molar-refractivity contribution in [3.8, 4) is 0 Å². The Morgan fingerprint density at radius 3 is 1.87 bits per heavy atom. The van der Waals surface area contributed by atoms with Crippen LogP contribution in [0.5, 0.6) is 0 Å². The second-order valence-corrected chi connectivity index (χ2v) is 2.92. The number of nitrogen functional groups attached to an aromatic ring is 1. The molecule has 0 saturated heterocycles. The molecule has 0 spiro atoms. The van der Waals surface area contributed by atoms with Crippen LogP contribution in [0.15, 0.2) is 12.1 Å². The van der Waals surface area contributed by atoms with E-state index in [1.807, 2.05) is 0 Å². The molecule has 15 heavy (non-hydrogen) atoms. The lowest BCUT2D eigenvalue weighted by molar-refractivity contribution is -0.392. The zero-order valence-electron chi connectivity index (χ0n) is 7.97. The molecule has 7 heteroatoms. The van der Waals surface area contributed by atoms with Crippen molar-refractivity contribution in [3.63, 3.8) is 0 Å². The van der Waals surface area contributed by atoms with Gasteiger partial charge in [0.2, 0.25) is 0 Å². The zero-order chi connectivity index (χ0) is 11.6. The smallest absolute Gasteiger partial charge is 0.299 e. The lowest BCUT2D eigenvalue weighted by Crippen LogP contribution is -2.02. The van der Waals surface area contributed by atoms with Crippen LogP contribution >= 0.6 is 0 Å². The molecule has 2 N–H and O–H groups in total. The summed E-state index contributed by atoms with van der Waals surface area (Å²) in [6.07, 6.45) is 0.474. The summed E-state index contributed by atoms with van der Waals surface area (Å²) >= 11 is 0. The topological polar surface area (TPSA) is 112 Å². The van der Waals surface area contributed by atoms with Gasteiger partial charge in [0, 0.05) is 12.1 Å². The molecular weight excluding hydrogens is 202 g/mol. The van der Waals surface area contributed by atoms with Crippen molar-refractivity contribution in [1.82, 2.24) is 0 Å². The number of nitro benzene ring substituents is 2. The number of aryl methyl sites for hydroxylation is 1. The predicted molar refractivity (Wildman–Crippen MR) is 53.5 cm³/mol. The molecule has 0 heterocycles. The maximum absolute atomic E-state index is 10.6. The highest BCUT2D eigenvalue weighted by Crippen LogP contribution is 2.32. The molecule has 0 radical (unpaired) electrons. The fourth-order valence-electron chi connectivity index (χ4n) is 1.19. The Bertz CT molecular complexity index is 395. The van der Waals surface area contributed by atoms with Crippen LogP contribution in [0, 0.1) is 20.2 Å². The van der Waals surface area contributed by atoms with Gasteiger partial charge in [-0.3, -0.25) is 20.2 Å². The molecular formula is C8H9N3O4. The zero-order valence-corrected chi connectivity index (χ0v) is 7.97. The minimum absolute atomic E-state index is 0.401. The quantitative estimate of drug-likeness (QED) is 0.464. The average Bonchev–Trinajstić information content (AvgIpc) is 2.17. The van der Waals surface area contributed by atoms with Gasteiger partial charge >= 0.3 is 0 Å². The van der Waals surface area contributed by atoms with Crippen molar-refractivity contribution in [1.29, 1.82) is 0 Å². The third-order valence-corrected chi connectivity index (χ3v) is 2.00. The van der Waals surface area contributed by atoms with E-state index in [-0.39, 0.29) is 0 Å². The van der Waals surface area contributed by atoms with Gasteiger partial charge in [-0.2, -0.15) is 0 Å². The molecule has 0 bridgehead atoms. The number of anilines is 1. The van der Waals surface area contributed by atoms with Crippen molar-refractivity contribution in [2.45, 2.75) is 13.3 Å². The van der Waals surface area contributed by atoms with E-state index < -0.39 is 26.9 Å². The van der Waals surface area contributed by atoms with E-state index in [2.05, 4.69) is 0 Å². The molecule has 0 aliphatic rings. The molecule has 80 valence electrons. The second-order valence-electron chi connectivity index (χ2n) is 2.92. The number of nitrogens with zero attached hydrogens (tertiary/aromatic N) is 2. The van der Waals surface area contributed by atoms with Crippen molar-refractivity contribution in [3.05, 3.63) is 37.9 Å². The lowest BCUT2D eigenvalue weighted by atomic mass is 10.1. The van der Waals surface area contributed by atoms with E-state index in [0.29, 0.717) is 12.0 Å². The Hall–Kier alpha value is -2.18. The van der Waals surface area contributed by atoms with Gasteiger partial charge in [0.1, 0.15) is 0 Å². The number of hydrogen-bond donors (Lipinski definition) is 1. The summed E-state index contributed by atoms with van der Waals surface area (Å²) < 4.78 is 0. The molecule has 0 amide bonds. The van der Waals surface area contributed by atoms with Crippen LogP contribution in [0.4, 0.5) is 17.1 Å². The first kappa shape index (κ1) is 10.9. The van der Waals surface area contributed by atoms with Crippen LogP contribution in [0.3, 0.4) is 0 Å². The normalized spacial score (nSPS) is 9.93. The first-order chi connectivity index (χ1) is 6.97. The monoisotopic (exact) mass is 211 g/mol. The van der Waals surface area contributed by atoms with E-state index in [9.17, 15) is 20.2 Å². The van der Waals surface area contributed by atoms with E-state index >= 15 is 0 Å². The molecule has 0 aromatic heterocycles. The minimum atomic E-state index is -0.721. The van der Waals surface area contributed by atoms with Gasteiger partial charge < -0.3 is 5.73 Å².